The van der Waals surface area contributed by atoms with Crippen LogP contribution in [0.25, 0.3) is 0 Å². The van der Waals surface area contributed by atoms with Gasteiger partial charge < -0.3 is 10.6 Å². The van der Waals surface area contributed by atoms with Crippen molar-refractivity contribution < 1.29 is 4.79 Å². The molecule has 0 aromatic heterocycles. The fourth-order valence-electron chi connectivity index (χ4n) is 1.05. The molecule has 4 heteroatoms. The Kier molecular flexibility index (Phi) is 4.35. The predicted molar refractivity (Wildman–Crippen MR) is 70.6 cm³/mol. The minimum Gasteiger partial charge on any atom is -0.337 e. The molecule has 0 aliphatic carbocycles. The molecule has 1 aromatic carbocycles. The Morgan fingerprint density at radius 2 is 1.81 bits per heavy atom. The SMILES string of the molecule is CC(C)(C)CNC(=O)Nc1ccc(Br)cc1. The van der Waals surface area contributed by atoms with Crippen LogP contribution in [0, 0.1) is 5.41 Å². The number of carbonyl (C=O) groups excluding carboxylic acids is 1. The third-order valence-electron chi connectivity index (χ3n) is 1.88. The van der Waals surface area contributed by atoms with Gasteiger partial charge in [0, 0.05) is 16.7 Å². The van der Waals surface area contributed by atoms with E-state index in [1.54, 1.807) is 0 Å². The van der Waals surface area contributed by atoms with Gasteiger partial charge in [-0.15, -0.1) is 0 Å². The fraction of sp³-hybridized carbons (Fsp3) is 0.417. The Morgan fingerprint density at radius 3 is 2.31 bits per heavy atom. The molecule has 0 atom stereocenters. The quantitative estimate of drug-likeness (QED) is 0.856. The van der Waals surface area contributed by atoms with Gasteiger partial charge >= 0.3 is 6.03 Å². The van der Waals surface area contributed by atoms with E-state index in [4.69, 9.17) is 0 Å². The van der Waals surface area contributed by atoms with Crippen LogP contribution in [0.1, 0.15) is 20.8 Å². The van der Waals surface area contributed by atoms with E-state index >= 15 is 0 Å². The number of carbonyl (C=O) groups is 1. The van der Waals surface area contributed by atoms with Gasteiger partial charge in [0.25, 0.3) is 0 Å². The number of hydrogen-bond donors (Lipinski definition) is 2. The van der Waals surface area contributed by atoms with Crippen molar-refractivity contribution in [2.24, 2.45) is 5.41 Å². The highest BCUT2D eigenvalue weighted by molar-refractivity contribution is 9.10. The smallest absolute Gasteiger partial charge is 0.319 e. The molecule has 88 valence electrons. The van der Waals surface area contributed by atoms with E-state index in [9.17, 15) is 4.79 Å². The Bertz CT molecular complexity index is 354. The predicted octanol–water partition coefficient (Wildman–Crippen LogP) is 3.62. The molecule has 0 spiro atoms. The van der Waals surface area contributed by atoms with Crippen molar-refractivity contribution in [3.05, 3.63) is 28.7 Å². The van der Waals surface area contributed by atoms with E-state index in [1.807, 2.05) is 24.3 Å². The number of benzene rings is 1. The largest absolute Gasteiger partial charge is 0.337 e. The van der Waals surface area contributed by atoms with Gasteiger partial charge in [0.2, 0.25) is 0 Å². The first-order valence-electron chi connectivity index (χ1n) is 5.17. The molecule has 0 bridgehead atoms. The first-order chi connectivity index (χ1) is 7.37. The summed E-state index contributed by atoms with van der Waals surface area (Å²) in [6.07, 6.45) is 0. The van der Waals surface area contributed by atoms with Crippen LogP contribution in [0.15, 0.2) is 28.7 Å². The standard InChI is InChI=1S/C12H17BrN2O/c1-12(2,3)8-14-11(16)15-10-6-4-9(13)5-7-10/h4-7H,8H2,1-3H3,(H2,14,15,16). The maximum absolute atomic E-state index is 11.5. The molecule has 0 aliphatic heterocycles. The molecule has 1 rings (SSSR count). The van der Waals surface area contributed by atoms with E-state index in [1.165, 1.54) is 0 Å². The van der Waals surface area contributed by atoms with Crippen molar-refractivity contribution in [2.45, 2.75) is 20.8 Å². The molecule has 2 amide bonds. The minimum absolute atomic E-state index is 0.0943. The summed E-state index contributed by atoms with van der Waals surface area (Å²) in [4.78, 5) is 11.5. The molecular formula is C12H17BrN2O. The molecular weight excluding hydrogens is 268 g/mol. The fourth-order valence-corrected chi connectivity index (χ4v) is 1.32. The van der Waals surface area contributed by atoms with Crippen molar-refractivity contribution in [3.8, 4) is 0 Å². The van der Waals surface area contributed by atoms with Crippen LogP contribution in [0.5, 0.6) is 0 Å². The second kappa shape index (κ2) is 5.34. The van der Waals surface area contributed by atoms with E-state index in [2.05, 4.69) is 47.3 Å². The average molecular weight is 285 g/mol. The second-order valence-electron chi connectivity index (χ2n) is 4.88. The number of amides is 2. The normalized spacial score (nSPS) is 11.0. The first kappa shape index (κ1) is 13.0. The molecule has 0 unspecified atom stereocenters. The Morgan fingerprint density at radius 1 is 1.25 bits per heavy atom. The summed E-state index contributed by atoms with van der Waals surface area (Å²) in [5.74, 6) is 0. The van der Waals surface area contributed by atoms with Gasteiger partial charge in [0.05, 0.1) is 0 Å². The summed E-state index contributed by atoms with van der Waals surface area (Å²) in [5, 5.41) is 5.59. The van der Waals surface area contributed by atoms with Gasteiger partial charge in [-0.1, -0.05) is 36.7 Å². The molecule has 0 saturated heterocycles. The van der Waals surface area contributed by atoms with Gasteiger partial charge in [-0.3, -0.25) is 0 Å². The van der Waals surface area contributed by atoms with Gasteiger partial charge in [-0.25, -0.2) is 4.79 Å². The molecule has 16 heavy (non-hydrogen) atoms. The first-order valence-corrected chi connectivity index (χ1v) is 5.96. The van der Waals surface area contributed by atoms with E-state index in [0.717, 1.165) is 10.2 Å². The minimum atomic E-state index is -0.169. The van der Waals surface area contributed by atoms with Crippen molar-refractivity contribution in [1.29, 1.82) is 0 Å². The maximum Gasteiger partial charge on any atom is 0.319 e. The number of hydrogen-bond acceptors (Lipinski definition) is 1. The van der Waals surface area contributed by atoms with Crippen molar-refractivity contribution in [2.75, 3.05) is 11.9 Å². The summed E-state index contributed by atoms with van der Waals surface area (Å²) < 4.78 is 0.994. The highest BCUT2D eigenvalue weighted by atomic mass is 79.9. The summed E-state index contributed by atoms with van der Waals surface area (Å²) in [5.41, 5.74) is 0.881. The number of rotatable bonds is 2. The lowest BCUT2D eigenvalue weighted by Crippen LogP contribution is -2.35. The number of halogens is 1. The lowest BCUT2D eigenvalue weighted by Gasteiger charge is -2.18. The van der Waals surface area contributed by atoms with Crippen LogP contribution < -0.4 is 10.6 Å². The molecule has 0 fully saturated rings. The summed E-state index contributed by atoms with van der Waals surface area (Å²) in [6.45, 7) is 6.88. The van der Waals surface area contributed by atoms with E-state index < -0.39 is 0 Å². The third-order valence-corrected chi connectivity index (χ3v) is 2.41. The van der Waals surface area contributed by atoms with Crippen LogP contribution >= 0.6 is 15.9 Å². The summed E-state index contributed by atoms with van der Waals surface area (Å²) in [7, 11) is 0. The number of anilines is 1. The van der Waals surface area contributed by atoms with Crippen LogP contribution in [-0.4, -0.2) is 12.6 Å². The maximum atomic E-state index is 11.5. The van der Waals surface area contributed by atoms with Crippen molar-refractivity contribution >= 4 is 27.6 Å². The highest BCUT2D eigenvalue weighted by Gasteiger charge is 2.11. The monoisotopic (exact) mass is 284 g/mol. The lowest BCUT2D eigenvalue weighted by molar-refractivity contribution is 0.247. The van der Waals surface area contributed by atoms with Crippen LogP contribution in [0.4, 0.5) is 10.5 Å². The van der Waals surface area contributed by atoms with Gasteiger partial charge in [-0.2, -0.15) is 0 Å². The zero-order valence-electron chi connectivity index (χ0n) is 9.80. The molecule has 2 N–H and O–H groups in total. The van der Waals surface area contributed by atoms with Crippen molar-refractivity contribution in [3.63, 3.8) is 0 Å². The van der Waals surface area contributed by atoms with Gasteiger partial charge in [0.1, 0.15) is 0 Å². The second-order valence-corrected chi connectivity index (χ2v) is 5.79. The highest BCUT2D eigenvalue weighted by Crippen LogP contribution is 2.14. The zero-order valence-corrected chi connectivity index (χ0v) is 11.4. The number of nitrogens with one attached hydrogen (secondary N) is 2. The molecule has 0 aliphatic rings. The molecule has 0 saturated carbocycles. The van der Waals surface area contributed by atoms with Crippen LogP contribution in [0.2, 0.25) is 0 Å². The summed E-state index contributed by atoms with van der Waals surface area (Å²) >= 11 is 3.34. The molecule has 1 aromatic rings. The third kappa shape index (κ3) is 5.16. The molecule has 3 nitrogen and oxygen atoms in total. The molecule has 0 heterocycles. The Labute approximate surface area is 105 Å². The van der Waals surface area contributed by atoms with Gasteiger partial charge in [0.15, 0.2) is 0 Å². The van der Waals surface area contributed by atoms with Crippen molar-refractivity contribution in [1.82, 2.24) is 5.32 Å². The van der Waals surface area contributed by atoms with E-state index in [0.29, 0.717) is 6.54 Å². The van der Waals surface area contributed by atoms with Gasteiger partial charge in [-0.05, 0) is 29.7 Å². The topological polar surface area (TPSA) is 41.1 Å². The van der Waals surface area contributed by atoms with Crippen LogP contribution in [0.3, 0.4) is 0 Å². The summed E-state index contributed by atoms with van der Waals surface area (Å²) in [6, 6.07) is 7.30. The Hall–Kier alpha value is -1.03. The lowest BCUT2D eigenvalue weighted by atomic mass is 9.97. The Balaban J connectivity index is 2.43. The zero-order chi connectivity index (χ0) is 12.2. The van der Waals surface area contributed by atoms with Crippen LogP contribution in [-0.2, 0) is 0 Å². The average Bonchev–Trinajstić information content (AvgIpc) is 2.18. The van der Waals surface area contributed by atoms with E-state index in [-0.39, 0.29) is 11.4 Å². The molecule has 0 radical (unpaired) electrons. The number of urea groups is 1.